The Morgan fingerprint density at radius 1 is 1.32 bits per heavy atom. The first-order valence-corrected chi connectivity index (χ1v) is 7.03. The van der Waals surface area contributed by atoms with E-state index in [4.69, 9.17) is 11.6 Å². The second kappa shape index (κ2) is 6.04. The van der Waals surface area contributed by atoms with Crippen LogP contribution >= 0.6 is 27.5 Å². The standard InChI is InChI=1S/C15H13BrClFO/c1-9-5-6-11(18)7-10(9)8-14(19)12-3-2-4-13(16)15(12)17/h2-7,14,19H,8H2,1H3. The monoisotopic (exact) mass is 342 g/mol. The van der Waals surface area contributed by atoms with E-state index in [9.17, 15) is 9.50 Å². The van der Waals surface area contributed by atoms with Crippen LogP contribution in [0.15, 0.2) is 40.9 Å². The summed E-state index contributed by atoms with van der Waals surface area (Å²) in [5.74, 6) is -0.298. The van der Waals surface area contributed by atoms with Crippen molar-refractivity contribution < 1.29 is 9.50 Å². The third-order valence-corrected chi connectivity index (χ3v) is 4.38. The van der Waals surface area contributed by atoms with Crippen molar-refractivity contribution >= 4 is 27.5 Å². The van der Waals surface area contributed by atoms with Gasteiger partial charge in [0.2, 0.25) is 0 Å². The molecule has 0 saturated carbocycles. The Morgan fingerprint density at radius 3 is 2.79 bits per heavy atom. The summed E-state index contributed by atoms with van der Waals surface area (Å²) >= 11 is 9.47. The van der Waals surface area contributed by atoms with Gasteiger partial charge in [0.1, 0.15) is 5.82 Å². The van der Waals surface area contributed by atoms with Crippen LogP contribution in [-0.2, 0) is 6.42 Å². The van der Waals surface area contributed by atoms with Crippen molar-refractivity contribution in [1.82, 2.24) is 0 Å². The van der Waals surface area contributed by atoms with E-state index in [1.165, 1.54) is 12.1 Å². The first-order valence-electron chi connectivity index (χ1n) is 5.86. The minimum absolute atomic E-state index is 0.298. The summed E-state index contributed by atoms with van der Waals surface area (Å²) in [4.78, 5) is 0. The Balaban J connectivity index is 2.28. The van der Waals surface area contributed by atoms with Gasteiger partial charge in [0, 0.05) is 16.5 Å². The maximum Gasteiger partial charge on any atom is 0.123 e. The van der Waals surface area contributed by atoms with Crippen LogP contribution in [-0.4, -0.2) is 5.11 Å². The van der Waals surface area contributed by atoms with Gasteiger partial charge in [-0.15, -0.1) is 0 Å². The zero-order chi connectivity index (χ0) is 14.0. The molecule has 1 atom stereocenters. The first kappa shape index (κ1) is 14.5. The van der Waals surface area contributed by atoms with Crippen molar-refractivity contribution in [2.45, 2.75) is 19.4 Å². The van der Waals surface area contributed by atoms with E-state index in [0.29, 0.717) is 17.0 Å². The molecule has 19 heavy (non-hydrogen) atoms. The van der Waals surface area contributed by atoms with Crippen molar-refractivity contribution in [1.29, 1.82) is 0 Å². The lowest BCUT2D eigenvalue weighted by Gasteiger charge is -2.15. The largest absolute Gasteiger partial charge is 0.388 e. The topological polar surface area (TPSA) is 20.2 Å². The molecule has 0 amide bonds. The van der Waals surface area contributed by atoms with E-state index in [1.807, 2.05) is 19.1 Å². The summed E-state index contributed by atoms with van der Waals surface area (Å²) in [6.07, 6.45) is -0.426. The Morgan fingerprint density at radius 2 is 2.05 bits per heavy atom. The third kappa shape index (κ3) is 3.35. The predicted octanol–water partition coefficient (Wildman–Crippen LogP) is 4.83. The van der Waals surface area contributed by atoms with Crippen LogP contribution in [0.2, 0.25) is 5.02 Å². The quantitative estimate of drug-likeness (QED) is 0.846. The zero-order valence-corrected chi connectivity index (χ0v) is 12.7. The van der Waals surface area contributed by atoms with E-state index in [0.717, 1.165) is 15.6 Å². The molecule has 1 nitrogen and oxygen atoms in total. The number of hydrogen-bond donors (Lipinski definition) is 1. The van der Waals surface area contributed by atoms with E-state index < -0.39 is 6.10 Å². The van der Waals surface area contributed by atoms with Gasteiger partial charge in [0.15, 0.2) is 0 Å². The van der Waals surface area contributed by atoms with Crippen LogP contribution in [0.4, 0.5) is 4.39 Å². The maximum absolute atomic E-state index is 13.2. The Bertz CT molecular complexity index is 601. The number of halogens is 3. The van der Waals surface area contributed by atoms with Crippen molar-refractivity contribution in [2.24, 2.45) is 0 Å². The van der Waals surface area contributed by atoms with Crippen LogP contribution in [0.25, 0.3) is 0 Å². The molecule has 0 aliphatic carbocycles. The highest BCUT2D eigenvalue weighted by molar-refractivity contribution is 9.10. The van der Waals surface area contributed by atoms with Crippen molar-refractivity contribution in [3.63, 3.8) is 0 Å². The summed E-state index contributed by atoms with van der Waals surface area (Å²) in [5.41, 5.74) is 2.37. The summed E-state index contributed by atoms with van der Waals surface area (Å²) < 4.78 is 14.0. The molecule has 100 valence electrons. The molecule has 4 heteroatoms. The van der Waals surface area contributed by atoms with E-state index in [2.05, 4.69) is 15.9 Å². The van der Waals surface area contributed by atoms with Crippen LogP contribution in [0.3, 0.4) is 0 Å². The van der Waals surface area contributed by atoms with E-state index in [-0.39, 0.29) is 5.82 Å². The van der Waals surface area contributed by atoms with Gasteiger partial charge in [-0.25, -0.2) is 4.39 Å². The van der Waals surface area contributed by atoms with Crippen molar-refractivity contribution in [2.75, 3.05) is 0 Å². The lowest BCUT2D eigenvalue weighted by molar-refractivity contribution is 0.178. The second-order valence-electron chi connectivity index (χ2n) is 4.43. The number of benzene rings is 2. The number of rotatable bonds is 3. The SMILES string of the molecule is Cc1ccc(F)cc1CC(O)c1cccc(Br)c1Cl. The zero-order valence-electron chi connectivity index (χ0n) is 10.3. The average molecular weight is 344 g/mol. The van der Waals surface area contributed by atoms with Gasteiger partial charge >= 0.3 is 0 Å². The molecule has 1 N–H and O–H groups in total. The van der Waals surface area contributed by atoms with Crippen LogP contribution in [0, 0.1) is 12.7 Å². The predicted molar refractivity (Wildman–Crippen MR) is 79.0 cm³/mol. The average Bonchev–Trinajstić information content (AvgIpc) is 2.37. The Labute approximate surface area is 125 Å². The molecule has 0 aromatic heterocycles. The fourth-order valence-electron chi connectivity index (χ4n) is 1.96. The van der Waals surface area contributed by atoms with Gasteiger partial charge in [-0.05, 0) is 52.2 Å². The van der Waals surface area contributed by atoms with Crippen LogP contribution in [0.1, 0.15) is 22.8 Å². The molecule has 0 aliphatic rings. The van der Waals surface area contributed by atoms with Crippen molar-refractivity contribution in [3.05, 3.63) is 68.4 Å². The molecular formula is C15H13BrClFO. The van der Waals surface area contributed by atoms with Crippen LogP contribution in [0.5, 0.6) is 0 Å². The normalized spacial score (nSPS) is 12.5. The lowest BCUT2D eigenvalue weighted by Crippen LogP contribution is -2.04. The Kier molecular flexibility index (Phi) is 4.61. The van der Waals surface area contributed by atoms with Gasteiger partial charge in [-0.1, -0.05) is 29.8 Å². The second-order valence-corrected chi connectivity index (χ2v) is 5.67. The number of aryl methyl sites for hydroxylation is 1. The maximum atomic E-state index is 13.2. The number of aliphatic hydroxyl groups is 1. The first-order chi connectivity index (χ1) is 8.99. The van der Waals surface area contributed by atoms with E-state index >= 15 is 0 Å². The van der Waals surface area contributed by atoms with Crippen LogP contribution < -0.4 is 0 Å². The molecule has 0 radical (unpaired) electrons. The highest BCUT2D eigenvalue weighted by Crippen LogP contribution is 2.32. The fourth-order valence-corrected chi connectivity index (χ4v) is 2.59. The molecule has 0 bridgehead atoms. The fraction of sp³-hybridized carbons (Fsp3) is 0.200. The van der Waals surface area contributed by atoms with Gasteiger partial charge < -0.3 is 5.11 Å². The summed E-state index contributed by atoms with van der Waals surface area (Å²) in [6.45, 7) is 1.89. The molecule has 0 spiro atoms. The van der Waals surface area contributed by atoms with Gasteiger partial charge in [-0.3, -0.25) is 0 Å². The smallest absolute Gasteiger partial charge is 0.123 e. The molecular weight excluding hydrogens is 331 g/mol. The van der Waals surface area contributed by atoms with Gasteiger partial charge in [0.25, 0.3) is 0 Å². The molecule has 0 aliphatic heterocycles. The molecule has 1 unspecified atom stereocenters. The number of hydrogen-bond acceptors (Lipinski definition) is 1. The Hall–Kier alpha value is -0.900. The number of aliphatic hydroxyl groups excluding tert-OH is 1. The lowest BCUT2D eigenvalue weighted by atomic mass is 9.98. The summed E-state index contributed by atoms with van der Waals surface area (Å²) in [6, 6.07) is 9.97. The highest BCUT2D eigenvalue weighted by Gasteiger charge is 2.15. The van der Waals surface area contributed by atoms with E-state index in [1.54, 1.807) is 12.1 Å². The molecule has 0 saturated heterocycles. The minimum atomic E-state index is -0.759. The minimum Gasteiger partial charge on any atom is -0.388 e. The molecule has 0 heterocycles. The van der Waals surface area contributed by atoms with Gasteiger partial charge in [0.05, 0.1) is 11.1 Å². The molecule has 2 aromatic rings. The van der Waals surface area contributed by atoms with Crippen molar-refractivity contribution in [3.8, 4) is 0 Å². The molecule has 2 rings (SSSR count). The molecule has 2 aromatic carbocycles. The summed E-state index contributed by atoms with van der Waals surface area (Å²) in [5, 5.41) is 10.8. The van der Waals surface area contributed by atoms with Gasteiger partial charge in [-0.2, -0.15) is 0 Å². The highest BCUT2D eigenvalue weighted by atomic mass is 79.9. The molecule has 0 fully saturated rings. The summed E-state index contributed by atoms with van der Waals surface area (Å²) in [7, 11) is 0. The third-order valence-electron chi connectivity index (χ3n) is 3.06.